The van der Waals surface area contributed by atoms with E-state index < -0.39 is 0 Å². The normalized spacial score (nSPS) is 35.9. The molecule has 0 saturated carbocycles. The summed E-state index contributed by atoms with van der Waals surface area (Å²) in [5.74, 6) is 0. The first-order valence-electron chi connectivity index (χ1n) is 5.86. The molecular formula is C12H18N2S. The predicted octanol–water partition coefficient (Wildman–Crippen LogP) is 2.20. The Kier molecular flexibility index (Phi) is 2.54. The first-order chi connectivity index (χ1) is 7.33. The molecule has 0 aromatic carbocycles. The Morgan fingerprint density at radius 3 is 2.67 bits per heavy atom. The molecule has 15 heavy (non-hydrogen) atoms. The van der Waals surface area contributed by atoms with E-state index in [1.165, 1.54) is 30.6 Å². The van der Waals surface area contributed by atoms with Crippen molar-refractivity contribution in [2.75, 3.05) is 0 Å². The van der Waals surface area contributed by atoms with Crippen molar-refractivity contribution in [2.45, 2.75) is 50.4 Å². The molecule has 1 unspecified atom stereocenters. The summed E-state index contributed by atoms with van der Waals surface area (Å²) in [5, 5.41) is 2.17. The van der Waals surface area contributed by atoms with Crippen LogP contribution in [0.15, 0.2) is 17.5 Å². The molecule has 0 amide bonds. The van der Waals surface area contributed by atoms with Gasteiger partial charge in [-0.15, -0.1) is 11.3 Å². The summed E-state index contributed by atoms with van der Waals surface area (Å²) in [4.78, 5) is 4.19. The van der Waals surface area contributed by atoms with Crippen molar-refractivity contribution in [3.8, 4) is 0 Å². The summed E-state index contributed by atoms with van der Waals surface area (Å²) in [5.41, 5.74) is 6.07. The van der Waals surface area contributed by atoms with Gasteiger partial charge in [-0.2, -0.15) is 0 Å². The van der Waals surface area contributed by atoms with Crippen LogP contribution in [0.3, 0.4) is 0 Å². The fourth-order valence-corrected chi connectivity index (χ4v) is 3.87. The van der Waals surface area contributed by atoms with E-state index in [9.17, 15) is 0 Å². The molecule has 2 N–H and O–H groups in total. The lowest BCUT2D eigenvalue weighted by Gasteiger charge is -2.37. The lowest BCUT2D eigenvalue weighted by Crippen LogP contribution is -2.46. The standard InChI is InChI=1S/C12H18N2S/c13-9-6-10-3-4-11(7-9)14(10)8-12-2-1-5-15-12/h1-2,5,9-11H,3-4,6-8,13H2/t9?,10-,11+. The van der Waals surface area contributed by atoms with Crippen LogP contribution in [-0.2, 0) is 6.54 Å². The smallest absolute Gasteiger partial charge is 0.0333 e. The molecule has 2 aliphatic heterocycles. The Hall–Kier alpha value is -0.380. The third-order valence-electron chi connectivity index (χ3n) is 3.84. The molecule has 3 rings (SSSR count). The molecule has 3 heteroatoms. The number of nitrogens with two attached hydrogens (primary N) is 1. The second-order valence-electron chi connectivity index (χ2n) is 4.87. The molecular weight excluding hydrogens is 204 g/mol. The van der Waals surface area contributed by atoms with Crippen LogP contribution < -0.4 is 5.73 Å². The molecule has 1 aromatic heterocycles. The molecule has 2 bridgehead atoms. The topological polar surface area (TPSA) is 29.3 Å². The summed E-state index contributed by atoms with van der Waals surface area (Å²) in [7, 11) is 0. The van der Waals surface area contributed by atoms with Gasteiger partial charge in [-0.25, -0.2) is 0 Å². The number of hydrogen-bond donors (Lipinski definition) is 1. The fraction of sp³-hybridized carbons (Fsp3) is 0.667. The van der Waals surface area contributed by atoms with Crippen molar-refractivity contribution in [3.63, 3.8) is 0 Å². The van der Waals surface area contributed by atoms with E-state index in [-0.39, 0.29) is 0 Å². The van der Waals surface area contributed by atoms with Crippen LogP contribution in [0.5, 0.6) is 0 Å². The van der Waals surface area contributed by atoms with Gasteiger partial charge in [0.15, 0.2) is 0 Å². The van der Waals surface area contributed by atoms with Gasteiger partial charge in [0.25, 0.3) is 0 Å². The van der Waals surface area contributed by atoms with Gasteiger partial charge in [0.1, 0.15) is 0 Å². The van der Waals surface area contributed by atoms with E-state index in [0.29, 0.717) is 6.04 Å². The van der Waals surface area contributed by atoms with Crippen LogP contribution in [0, 0.1) is 0 Å². The average molecular weight is 222 g/mol. The Morgan fingerprint density at radius 1 is 1.33 bits per heavy atom. The highest BCUT2D eigenvalue weighted by Crippen LogP contribution is 2.36. The molecule has 2 saturated heterocycles. The number of hydrogen-bond acceptors (Lipinski definition) is 3. The van der Waals surface area contributed by atoms with Gasteiger partial charge in [0.2, 0.25) is 0 Å². The minimum absolute atomic E-state index is 0.460. The summed E-state index contributed by atoms with van der Waals surface area (Å²) in [6.45, 7) is 1.15. The number of nitrogens with zero attached hydrogens (tertiary/aromatic N) is 1. The lowest BCUT2D eigenvalue weighted by atomic mass is 9.98. The predicted molar refractivity (Wildman–Crippen MR) is 63.9 cm³/mol. The van der Waals surface area contributed by atoms with E-state index in [4.69, 9.17) is 5.73 Å². The molecule has 82 valence electrons. The Labute approximate surface area is 95.1 Å². The van der Waals surface area contributed by atoms with Crippen molar-refractivity contribution >= 4 is 11.3 Å². The van der Waals surface area contributed by atoms with Crippen LogP contribution >= 0.6 is 11.3 Å². The van der Waals surface area contributed by atoms with Gasteiger partial charge < -0.3 is 5.73 Å². The number of thiophene rings is 1. The quantitative estimate of drug-likeness (QED) is 0.831. The maximum atomic E-state index is 6.07. The molecule has 2 nitrogen and oxygen atoms in total. The molecule has 0 spiro atoms. The molecule has 3 heterocycles. The van der Waals surface area contributed by atoms with Crippen LogP contribution in [0.1, 0.15) is 30.6 Å². The van der Waals surface area contributed by atoms with Crippen molar-refractivity contribution in [2.24, 2.45) is 5.73 Å². The molecule has 1 aromatic rings. The minimum atomic E-state index is 0.460. The first-order valence-corrected chi connectivity index (χ1v) is 6.74. The van der Waals surface area contributed by atoms with Gasteiger partial charge in [0, 0.05) is 29.5 Å². The van der Waals surface area contributed by atoms with Crippen LogP contribution in [0.4, 0.5) is 0 Å². The molecule has 0 aliphatic carbocycles. The summed E-state index contributed by atoms with van der Waals surface area (Å²) in [6, 6.07) is 6.39. The van der Waals surface area contributed by atoms with E-state index in [1.54, 1.807) is 0 Å². The molecule has 0 radical (unpaired) electrons. The SMILES string of the molecule is NC1C[C@H]2CC[C@@H](C1)N2Cc1cccs1. The highest BCUT2D eigenvalue weighted by Gasteiger charge is 2.39. The zero-order chi connectivity index (χ0) is 10.3. The fourth-order valence-electron chi connectivity index (χ4n) is 3.16. The van der Waals surface area contributed by atoms with Gasteiger partial charge in [-0.1, -0.05) is 6.07 Å². The van der Waals surface area contributed by atoms with E-state index in [2.05, 4.69) is 22.4 Å². The van der Waals surface area contributed by atoms with Crippen molar-refractivity contribution in [1.29, 1.82) is 0 Å². The zero-order valence-corrected chi connectivity index (χ0v) is 9.75. The first kappa shape index (κ1) is 9.82. The summed E-state index contributed by atoms with van der Waals surface area (Å²) >= 11 is 1.88. The number of fused-ring (bicyclic) bond motifs is 2. The summed E-state index contributed by atoms with van der Waals surface area (Å²) in [6.07, 6.45) is 5.15. The van der Waals surface area contributed by atoms with Crippen LogP contribution in [0.25, 0.3) is 0 Å². The van der Waals surface area contributed by atoms with Crippen LogP contribution in [0.2, 0.25) is 0 Å². The van der Waals surface area contributed by atoms with E-state index in [0.717, 1.165) is 18.6 Å². The highest BCUT2D eigenvalue weighted by atomic mass is 32.1. The van der Waals surface area contributed by atoms with Crippen LogP contribution in [-0.4, -0.2) is 23.0 Å². The van der Waals surface area contributed by atoms with Crippen molar-refractivity contribution < 1.29 is 0 Å². The highest BCUT2D eigenvalue weighted by molar-refractivity contribution is 7.09. The monoisotopic (exact) mass is 222 g/mol. The number of rotatable bonds is 2. The maximum absolute atomic E-state index is 6.07. The Balaban J connectivity index is 1.72. The van der Waals surface area contributed by atoms with E-state index >= 15 is 0 Å². The van der Waals surface area contributed by atoms with Gasteiger partial charge in [-0.3, -0.25) is 4.90 Å². The second-order valence-corrected chi connectivity index (χ2v) is 5.90. The van der Waals surface area contributed by atoms with Crippen molar-refractivity contribution in [1.82, 2.24) is 4.90 Å². The second kappa shape index (κ2) is 3.89. The third-order valence-corrected chi connectivity index (χ3v) is 4.70. The van der Waals surface area contributed by atoms with Gasteiger partial charge in [0.05, 0.1) is 0 Å². The zero-order valence-electron chi connectivity index (χ0n) is 8.93. The molecule has 2 aliphatic rings. The average Bonchev–Trinajstić information content (AvgIpc) is 2.77. The van der Waals surface area contributed by atoms with Crippen molar-refractivity contribution in [3.05, 3.63) is 22.4 Å². The van der Waals surface area contributed by atoms with Gasteiger partial charge in [-0.05, 0) is 37.1 Å². The number of piperidine rings is 1. The third kappa shape index (κ3) is 1.84. The lowest BCUT2D eigenvalue weighted by molar-refractivity contribution is 0.121. The van der Waals surface area contributed by atoms with Gasteiger partial charge >= 0.3 is 0 Å². The maximum Gasteiger partial charge on any atom is 0.0333 e. The minimum Gasteiger partial charge on any atom is -0.328 e. The molecule has 2 fully saturated rings. The Bertz CT molecular complexity index is 308. The summed E-state index contributed by atoms with van der Waals surface area (Å²) < 4.78 is 0. The molecule has 3 atom stereocenters. The largest absolute Gasteiger partial charge is 0.328 e. The Morgan fingerprint density at radius 2 is 2.07 bits per heavy atom. The van der Waals surface area contributed by atoms with E-state index in [1.807, 2.05) is 11.3 Å².